The molecule has 1 N–H and O–H groups in total. The third kappa shape index (κ3) is 9.72. The van der Waals surface area contributed by atoms with Crippen molar-refractivity contribution in [1.29, 1.82) is 0 Å². The molecule has 0 amide bonds. The van der Waals surface area contributed by atoms with E-state index < -0.39 is 5.97 Å². The lowest BCUT2D eigenvalue weighted by atomic mass is 10.1. The first-order chi connectivity index (χ1) is 10.6. The number of allylic oxidation sites excluding steroid dienone is 1. The Bertz CT molecular complexity index is 362. The van der Waals surface area contributed by atoms with Gasteiger partial charge in [0.15, 0.2) is 5.78 Å². The first kappa shape index (κ1) is 18.9. The van der Waals surface area contributed by atoms with Crippen LogP contribution in [0, 0.1) is 0 Å². The molecule has 2 atom stereocenters. The molecule has 1 rings (SSSR count). The van der Waals surface area contributed by atoms with Crippen molar-refractivity contribution in [3.05, 3.63) is 12.2 Å². The SMILES string of the molecule is CCCCCC(=O)/C=C/C1OC1CCCCCCCC(=O)O. The van der Waals surface area contributed by atoms with Gasteiger partial charge in [0.2, 0.25) is 0 Å². The summed E-state index contributed by atoms with van der Waals surface area (Å²) in [7, 11) is 0. The molecule has 4 heteroatoms. The van der Waals surface area contributed by atoms with Gasteiger partial charge in [0.25, 0.3) is 0 Å². The average molecular weight is 310 g/mol. The van der Waals surface area contributed by atoms with Crippen LogP contribution < -0.4 is 0 Å². The van der Waals surface area contributed by atoms with Gasteiger partial charge in [-0.2, -0.15) is 0 Å². The number of carboxylic acid groups (broad SMARTS) is 1. The number of ether oxygens (including phenoxy) is 1. The number of unbranched alkanes of at least 4 members (excludes halogenated alkanes) is 6. The van der Waals surface area contributed by atoms with Crippen LogP contribution in [-0.2, 0) is 14.3 Å². The Morgan fingerprint density at radius 3 is 2.41 bits per heavy atom. The quantitative estimate of drug-likeness (QED) is 0.295. The van der Waals surface area contributed by atoms with E-state index in [2.05, 4.69) is 6.92 Å². The molecule has 0 radical (unpaired) electrons. The molecule has 0 aromatic rings. The van der Waals surface area contributed by atoms with Crippen molar-refractivity contribution in [3.63, 3.8) is 0 Å². The fourth-order valence-electron chi connectivity index (χ4n) is 2.54. The summed E-state index contributed by atoms with van der Waals surface area (Å²) in [6.07, 6.45) is 14.4. The third-order valence-corrected chi connectivity index (χ3v) is 4.00. The molecule has 1 aliphatic heterocycles. The maximum Gasteiger partial charge on any atom is 0.303 e. The van der Waals surface area contributed by atoms with Crippen LogP contribution in [0.2, 0.25) is 0 Å². The smallest absolute Gasteiger partial charge is 0.303 e. The zero-order valence-corrected chi connectivity index (χ0v) is 13.8. The lowest BCUT2D eigenvalue weighted by Crippen LogP contribution is -1.96. The maximum atomic E-state index is 11.6. The monoisotopic (exact) mass is 310 g/mol. The van der Waals surface area contributed by atoms with Gasteiger partial charge in [-0.25, -0.2) is 0 Å². The minimum absolute atomic E-state index is 0.141. The van der Waals surface area contributed by atoms with Gasteiger partial charge in [-0.1, -0.05) is 45.4 Å². The number of ketones is 1. The third-order valence-electron chi connectivity index (χ3n) is 4.00. The van der Waals surface area contributed by atoms with Crippen molar-refractivity contribution < 1.29 is 19.4 Å². The molecule has 0 bridgehead atoms. The minimum Gasteiger partial charge on any atom is -0.481 e. The van der Waals surface area contributed by atoms with E-state index in [9.17, 15) is 9.59 Å². The van der Waals surface area contributed by atoms with Gasteiger partial charge in [0.05, 0.1) is 6.10 Å². The first-order valence-electron chi connectivity index (χ1n) is 8.71. The zero-order chi connectivity index (χ0) is 16.2. The van der Waals surface area contributed by atoms with E-state index in [4.69, 9.17) is 9.84 Å². The molecule has 1 aliphatic rings. The molecule has 0 spiro atoms. The second-order valence-electron chi connectivity index (χ2n) is 6.12. The molecule has 22 heavy (non-hydrogen) atoms. The van der Waals surface area contributed by atoms with E-state index in [1.165, 1.54) is 0 Å². The lowest BCUT2D eigenvalue weighted by molar-refractivity contribution is -0.137. The van der Waals surface area contributed by atoms with Crippen molar-refractivity contribution in [3.8, 4) is 0 Å². The minimum atomic E-state index is -0.703. The van der Waals surface area contributed by atoms with Gasteiger partial charge >= 0.3 is 5.97 Å². The number of hydrogen-bond donors (Lipinski definition) is 1. The summed E-state index contributed by atoms with van der Waals surface area (Å²) in [4.78, 5) is 21.9. The van der Waals surface area contributed by atoms with Crippen LogP contribution in [0.3, 0.4) is 0 Å². The predicted octanol–water partition coefficient (Wildman–Crippen LogP) is 4.27. The van der Waals surface area contributed by atoms with E-state index in [1.807, 2.05) is 6.08 Å². The fourth-order valence-corrected chi connectivity index (χ4v) is 2.54. The highest BCUT2D eigenvalue weighted by atomic mass is 16.6. The second-order valence-corrected chi connectivity index (χ2v) is 6.12. The summed E-state index contributed by atoms with van der Waals surface area (Å²) in [6.45, 7) is 2.13. The van der Waals surface area contributed by atoms with Crippen molar-refractivity contribution in [2.75, 3.05) is 0 Å². The van der Waals surface area contributed by atoms with Crippen molar-refractivity contribution >= 4 is 11.8 Å². The van der Waals surface area contributed by atoms with Crippen LogP contribution in [0.4, 0.5) is 0 Å². The van der Waals surface area contributed by atoms with Crippen molar-refractivity contribution in [2.24, 2.45) is 0 Å². The molecule has 0 saturated carbocycles. The normalized spacial score (nSPS) is 20.4. The van der Waals surface area contributed by atoms with Gasteiger partial charge in [-0.05, 0) is 31.4 Å². The number of aliphatic carboxylic acids is 1. The van der Waals surface area contributed by atoms with Gasteiger partial charge in [0.1, 0.15) is 6.10 Å². The van der Waals surface area contributed by atoms with Crippen LogP contribution in [-0.4, -0.2) is 29.1 Å². The summed E-state index contributed by atoms with van der Waals surface area (Å²) >= 11 is 0. The van der Waals surface area contributed by atoms with E-state index in [0.717, 1.165) is 57.8 Å². The molecule has 4 nitrogen and oxygen atoms in total. The zero-order valence-electron chi connectivity index (χ0n) is 13.8. The van der Waals surface area contributed by atoms with E-state index >= 15 is 0 Å². The summed E-state index contributed by atoms with van der Waals surface area (Å²) in [5.74, 6) is -0.494. The molecule has 0 aliphatic carbocycles. The van der Waals surface area contributed by atoms with Crippen LogP contribution >= 0.6 is 0 Å². The molecule has 0 aromatic heterocycles. The highest BCUT2D eigenvalue weighted by Crippen LogP contribution is 2.28. The Hall–Kier alpha value is -1.16. The average Bonchev–Trinajstić information content (AvgIpc) is 3.22. The van der Waals surface area contributed by atoms with Gasteiger partial charge in [-0.15, -0.1) is 0 Å². The van der Waals surface area contributed by atoms with Crippen LogP contribution in [0.15, 0.2) is 12.2 Å². The van der Waals surface area contributed by atoms with Crippen molar-refractivity contribution in [1.82, 2.24) is 0 Å². The Morgan fingerprint density at radius 2 is 1.68 bits per heavy atom. The van der Waals surface area contributed by atoms with Crippen LogP contribution in [0.5, 0.6) is 0 Å². The largest absolute Gasteiger partial charge is 0.481 e. The van der Waals surface area contributed by atoms with Crippen molar-refractivity contribution in [2.45, 2.75) is 89.8 Å². The number of carbonyl (C=O) groups excluding carboxylic acids is 1. The Morgan fingerprint density at radius 1 is 1.00 bits per heavy atom. The van der Waals surface area contributed by atoms with Crippen LogP contribution in [0.1, 0.15) is 77.6 Å². The van der Waals surface area contributed by atoms with E-state index in [0.29, 0.717) is 12.5 Å². The van der Waals surface area contributed by atoms with E-state index in [-0.39, 0.29) is 18.3 Å². The lowest BCUT2D eigenvalue weighted by Gasteiger charge is -1.98. The molecule has 0 aromatic carbocycles. The molecule has 1 heterocycles. The van der Waals surface area contributed by atoms with Crippen LogP contribution in [0.25, 0.3) is 0 Å². The Balaban J connectivity index is 1.93. The maximum absolute atomic E-state index is 11.6. The fraction of sp³-hybridized carbons (Fsp3) is 0.778. The number of epoxide rings is 1. The summed E-state index contributed by atoms with van der Waals surface area (Å²) in [6, 6.07) is 0. The molecule has 2 unspecified atom stereocenters. The number of carbonyl (C=O) groups is 2. The summed E-state index contributed by atoms with van der Waals surface area (Å²) in [5, 5.41) is 8.53. The highest BCUT2D eigenvalue weighted by molar-refractivity contribution is 5.89. The second kappa shape index (κ2) is 11.4. The van der Waals surface area contributed by atoms with Gasteiger partial charge in [-0.3, -0.25) is 9.59 Å². The van der Waals surface area contributed by atoms with E-state index in [1.54, 1.807) is 6.08 Å². The number of hydrogen-bond acceptors (Lipinski definition) is 3. The predicted molar refractivity (Wildman–Crippen MR) is 86.9 cm³/mol. The summed E-state index contributed by atoms with van der Waals surface area (Å²) < 4.78 is 5.54. The number of carboxylic acids is 1. The standard InChI is InChI=1S/C18H30O4/c1-2-3-7-10-15(19)13-14-17-16(22-17)11-8-5-4-6-9-12-18(20)21/h13-14,16-17H,2-12H2,1H3,(H,20,21)/b14-13+. The Kier molecular flexibility index (Phi) is 9.80. The number of rotatable bonds is 14. The highest BCUT2D eigenvalue weighted by Gasteiger charge is 2.35. The summed E-state index contributed by atoms with van der Waals surface area (Å²) in [5.41, 5.74) is 0. The molecule has 1 fully saturated rings. The van der Waals surface area contributed by atoms with Gasteiger partial charge < -0.3 is 9.84 Å². The Labute approximate surface area is 133 Å². The molecule has 126 valence electrons. The van der Waals surface area contributed by atoms with Gasteiger partial charge in [0, 0.05) is 12.8 Å². The molecular weight excluding hydrogens is 280 g/mol. The topological polar surface area (TPSA) is 66.9 Å². The molecular formula is C18H30O4. The molecule has 1 saturated heterocycles. The first-order valence-corrected chi connectivity index (χ1v) is 8.71.